The largest absolute Gasteiger partial charge is 1.00 e. The van der Waals surface area contributed by atoms with E-state index in [-0.39, 0.29) is 56.3 Å². The molecule has 0 aromatic heterocycles. The Balaban J connectivity index is 0.00000144. The Morgan fingerprint density at radius 1 is 1.06 bits per heavy atom. The molecule has 0 aliphatic rings. The molecule has 0 amide bonds. The Bertz CT molecular complexity index is 635. The summed E-state index contributed by atoms with van der Waals surface area (Å²) in [4.78, 5) is -0.139. The summed E-state index contributed by atoms with van der Waals surface area (Å²) in [5.74, 6) is 0. The van der Waals surface area contributed by atoms with E-state index in [9.17, 15) is 13.0 Å². The van der Waals surface area contributed by atoms with Gasteiger partial charge in [0.25, 0.3) is 0 Å². The first-order valence-corrected chi connectivity index (χ1v) is 6.41. The maximum atomic E-state index is 11.1. The molecule has 0 fully saturated rings. The molecule has 0 atom stereocenters. The second-order valence-corrected chi connectivity index (χ2v) is 4.92. The van der Waals surface area contributed by atoms with Gasteiger partial charge < -0.3 is 4.55 Å². The molecule has 84 valence electrons. The molecule has 3 nitrogen and oxygen atoms in total. The van der Waals surface area contributed by atoms with Crippen LogP contribution in [0.2, 0.25) is 0 Å². The van der Waals surface area contributed by atoms with Gasteiger partial charge in [-0.3, -0.25) is 0 Å². The predicted molar refractivity (Wildman–Crippen MR) is 61.3 cm³/mol. The number of hydrogen-bond donors (Lipinski definition) is 0. The van der Waals surface area contributed by atoms with Crippen molar-refractivity contribution in [3.8, 4) is 0 Å². The van der Waals surface area contributed by atoms with Crippen molar-refractivity contribution in [1.82, 2.24) is 0 Å². The van der Waals surface area contributed by atoms with Crippen LogP contribution in [0.3, 0.4) is 0 Å². The van der Waals surface area contributed by atoms with Crippen LogP contribution in [-0.2, 0) is 16.5 Å². The average Bonchev–Trinajstić information content (AvgIpc) is 2.26. The molecule has 0 aliphatic carbocycles. The average molecular weight is 274 g/mol. The van der Waals surface area contributed by atoms with Gasteiger partial charge in [-0.1, -0.05) is 37.3 Å². The number of benzene rings is 2. The number of rotatable bonds is 2. The Hall–Kier alpha value is 0.246. The van der Waals surface area contributed by atoms with Gasteiger partial charge in [0.2, 0.25) is 0 Å². The smallest absolute Gasteiger partial charge is 0.744 e. The van der Waals surface area contributed by atoms with Crippen LogP contribution in [0.25, 0.3) is 10.8 Å². The zero-order chi connectivity index (χ0) is 11.8. The van der Waals surface area contributed by atoms with Crippen molar-refractivity contribution in [3.63, 3.8) is 0 Å². The summed E-state index contributed by atoms with van der Waals surface area (Å²) in [5.41, 5.74) is 1.04. The molecule has 0 spiro atoms. The van der Waals surface area contributed by atoms with Gasteiger partial charge in [-0.05, 0) is 28.8 Å². The molecule has 0 radical (unpaired) electrons. The molecule has 0 saturated carbocycles. The summed E-state index contributed by atoms with van der Waals surface area (Å²) < 4.78 is 33.3. The maximum absolute atomic E-state index is 11.1. The van der Waals surface area contributed by atoms with E-state index >= 15 is 0 Å². The van der Waals surface area contributed by atoms with E-state index in [2.05, 4.69) is 0 Å². The molecule has 17 heavy (non-hydrogen) atoms. The van der Waals surface area contributed by atoms with Gasteiger partial charge in [-0.25, -0.2) is 8.42 Å². The number of aryl methyl sites for hydroxylation is 1. The summed E-state index contributed by atoms with van der Waals surface area (Å²) in [6.45, 7) is 1.99. The SMILES string of the molecule is CCc1ccc(S(=O)(=O)[O-])c2ccccc12.[K+]. The van der Waals surface area contributed by atoms with E-state index < -0.39 is 10.1 Å². The van der Waals surface area contributed by atoms with Crippen LogP contribution in [-0.4, -0.2) is 13.0 Å². The molecule has 2 aromatic rings. The minimum atomic E-state index is -4.40. The first-order valence-electron chi connectivity index (χ1n) is 5.00. The van der Waals surface area contributed by atoms with Crippen molar-refractivity contribution < 1.29 is 64.4 Å². The van der Waals surface area contributed by atoms with Crippen molar-refractivity contribution >= 4 is 20.9 Å². The van der Waals surface area contributed by atoms with Crippen molar-refractivity contribution in [2.75, 3.05) is 0 Å². The van der Waals surface area contributed by atoms with E-state index in [0.29, 0.717) is 5.39 Å². The maximum Gasteiger partial charge on any atom is 1.00 e. The molecular formula is C12H11KO3S. The fourth-order valence-electron chi connectivity index (χ4n) is 1.86. The van der Waals surface area contributed by atoms with Crippen LogP contribution in [0.1, 0.15) is 12.5 Å². The van der Waals surface area contributed by atoms with Gasteiger partial charge in [-0.15, -0.1) is 0 Å². The van der Waals surface area contributed by atoms with Crippen LogP contribution in [0, 0.1) is 0 Å². The zero-order valence-corrected chi connectivity index (χ0v) is 13.7. The van der Waals surface area contributed by atoms with Crippen LogP contribution in [0.4, 0.5) is 0 Å². The van der Waals surface area contributed by atoms with E-state index in [1.165, 1.54) is 6.07 Å². The Morgan fingerprint density at radius 3 is 2.18 bits per heavy atom. The Labute approximate surface area is 143 Å². The molecule has 2 rings (SSSR count). The van der Waals surface area contributed by atoms with E-state index in [4.69, 9.17) is 0 Å². The molecule has 0 heterocycles. The summed E-state index contributed by atoms with van der Waals surface area (Å²) in [6.07, 6.45) is 0.805. The van der Waals surface area contributed by atoms with Gasteiger partial charge in [0.15, 0.2) is 0 Å². The van der Waals surface area contributed by atoms with Crippen molar-refractivity contribution in [2.45, 2.75) is 18.2 Å². The van der Waals surface area contributed by atoms with Crippen molar-refractivity contribution in [3.05, 3.63) is 42.0 Å². The van der Waals surface area contributed by atoms with Gasteiger partial charge in [-0.2, -0.15) is 0 Å². The summed E-state index contributed by atoms with van der Waals surface area (Å²) >= 11 is 0. The standard InChI is InChI=1S/C12H12O3S.K/c1-2-9-7-8-12(16(13,14)15)11-6-4-3-5-10(9)11;/h3-8H,2H2,1H3,(H,13,14,15);/q;+1/p-1. The molecule has 2 aromatic carbocycles. The third kappa shape index (κ3) is 3.17. The van der Waals surface area contributed by atoms with Crippen molar-refractivity contribution in [1.29, 1.82) is 0 Å². The fourth-order valence-corrected chi connectivity index (χ4v) is 2.54. The number of fused-ring (bicyclic) bond motifs is 1. The van der Waals surface area contributed by atoms with E-state index in [1.54, 1.807) is 18.2 Å². The first-order chi connectivity index (χ1) is 7.54. The van der Waals surface area contributed by atoms with Gasteiger partial charge in [0, 0.05) is 0 Å². The quantitative estimate of drug-likeness (QED) is 0.538. The van der Waals surface area contributed by atoms with E-state index in [1.807, 2.05) is 19.1 Å². The predicted octanol–water partition coefficient (Wildman–Crippen LogP) is -0.690. The topological polar surface area (TPSA) is 57.2 Å². The molecule has 0 unspecified atom stereocenters. The Kier molecular flexibility index (Phi) is 5.33. The van der Waals surface area contributed by atoms with Crippen molar-refractivity contribution in [2.24, 2.45) is 0 Å². The van der Waals surface area contributed by atoms with Gasteiger partial charge in [0.1, 0.15) is 10.1 Å². The van der Waals surface area contributed by atoms with Gasteiger partial charge in [0.05, 0.1) is 4.90 Å². The third-order valence-electron chi connectivity index (χ3n) is 2.62. The second kappa shape index (κ2) is 5.93. The van der Waals surface area contributed by atoms with Crippen LogP contribution in [0.5, 0.6) is 0 Å². The van der Waals surface area contributed by atoms with Crippen LogP contribution < -0.4 is 51.4 Å². The minimum absolute atomic E-state index is 0. The van der Waals surface area contributed by atoms with Gasteiger partial charge >= 0.3 is 51.4 Å². The summed E-state index contributed by atoms with van der Waals surface area (Å²) in [7, 11) is -4.40. The Morgan fingerprint density at radius 2 is 1.65 bits per heavy atom. The third-order valence-corrected chi connectivity index (χ3v) is 3.52. The molecule has 0 aliphatic heterocycles. The second-order valence-electron chi connectivity index (χ2n) is 3.58. The molecule has 0 saturated heterocycles. The molecule has 5 heteroatoms. The first kappa shape index (κ1) is 15.3. The molecular weight excluding hydrogens is 263 g/mol. The number of hydrogen-bond acceptors (Lipinski definition) is 3. The summed E-state index contributed by atoms with van der Waals surface area (Å²) in [5, 5.41) is 1.35. The zero-order valence-electron chi connectivity index (χ0n) is 9.80. The monoisotopic (exact) mass is 274 g/mol. The van der Waals surface area contributed by atoms with E-state index in [0.717, 1.165) is 17.4 Å². The molecule has 0 bridgehead atoms. The summed E-state index contributed by atoms with van der Waals surface area (Å²) in [6, 6.07) is 10.2. The fraction of sp³-hybridized carbons (Fsp3) is 0.167. The van der Waals surface area contributed by atoms with Crippen LogP contribution in [0.15, 0.2) is 41.3 Å². The normalized spacial score (nSPS) is 11.2. The van der Waals surface area contributed by atoms with Crippen LogP contribution >= 0.6 is 0 Å². The molecule has 0 N–H and O–H groups in total. The minimum Gasteiger partial charge on any atom is -0.744 e.